The van der Waals surface area contributed by atoms with Crippen LogP contribution in [0.5, 0.6) is 0 Å². The Morgan fingerprint density at radius 1 is 1.33 bits per heavy atom. The highest BCUT2D eigenvalue weighted by Crippen LogP contribution is 2.25. The molecule has 0 spiro atoms. The summed E-state index contributed by atoms with van der Waals surface area (Å²) in [6.45, 7) is 6.37. The molecule has 1 aromatic carbocycles. The maximum atomic E-state index is 12.3. The third kappa shape index (κ3) is 3.60. The zero-order valence-electron chi connectivity index (χ0n) is 11.1. The fourth-order valence-electron chi connectivity index (χ4n) is 1.62. The maximum absolute atomic E-state index is 12.3. The number of hydrogen-bond donors (Lipinski definition) is 1. The first kappa shape index (κ1) is 15.3. The number of nitrogen functional groups attached to an aromatic ring is 1. The maximum Gasteiger partial charge on any atom is 0.242 e. The third-order valence-corrected chi connectivity index (χ3v) is 4.52. The van der Waals surface area contributed by atoms with Gasteiger partial charge in [-0.05, 0) is 23.6 Å². The first-order chi connectivity index (χ1) is 8.04. The topological polar surface area (TPSA) is 63.4 Å². The molecule has 0 bridgehead atoms. The molecule has 0 heterocycles. The van der Waals surface area contributed by atoms with Gasteiger partial charge in [0.05, 0.1) is 15.6 Å². The van der Waals surface area contributed by atoms with E-state index in [-0.39, 0.29) is 16.0 Å². The van der Waals surface area contributed by atoms with Gasteiger partial charge in [0, 0.05) is 13.6 Å². The van der Waals surface area contributed by atoms with Crippen molar-refractivity contribution in [3.05, 3.63) is 23.2 Å². The van der Waals surface area contributed by atoms with Gasteiger partial charge in [-0.1, -0.05) is 32.4 Å². The number of nitrogens with zero attached hydrogens (tertiary/aromatic N) is 1. The first-order valence-electron chi connectivity index (χ1n) is 5.55. The van der Waals surface area contributed by atoms with Crippen LogP contribution in [-0.4, -0.2) is 26.3 Å². The van der Waals surface area contributed by atoms with Crippen molar-refractivity contribution >= 4 is 27.3 Å². The SMILES string of the molecule is CN(CC(C)(C)C)S(=O)(=O)c1ccc(Cl)c(N)c1. The molecule has 0 aliphatic rings. The van der Waals surface area contributed by atoms with Crippen LogP contribution in [0.2, 0.25) is 5.02 Å². The highest BCUT2D eigenvalue weighted by molar-refractivity contribution is 7.89. The number of hydrogen-bond acceptors (Lipinski definition) is 3. The highest BCUT2D eigenvalue weighted by Gasteiger charge is 2.25. The first-order valence-corrected chi connectivity index (χ1v) is 7.37. The van der Waals surface area contributed by atoms with E-state index >= 15 is 0 Å². The quantitative estimate of drug-likeness (QED) is 0.870. The molecule has 102 valence electrons. The number of halogens is 1. The molecule has 2 N–H and O–H groups in total. The van der Waals surface area contributed by atoms with Gasteiger partial charge in [-0.2, -0.15) is 0 Å². The summed E-state index contributed by atoms with van der Waals surface area (Å²) in [6, 6.07) is 4.35. The lowest BCUT2D eigenvalue weighted by Gasteiger charge is -2.26. The van der Waals surface area contributed by atoms with Crippen molar-refractivity contribution in [2.45, 2.75) is 25.7 Å². The van der Waals surface area contributed by atoms with Crippen molar-refractivity contribution in [2.24, 2.45) is 5.41 Å². The van der Waals surface area contributed by atoms with Crippen molar-refractivity contribution in [1.29, 1.82) is 0 Å². The van der Waals surface area contributed by atoms with Gasteiger partial charge in [-0.3, -0.25) is 0 Å². The smallest absolute Gasteiger partial charge is 0.242 e. The van der Waals surface area contributed by atoms with Crippen LogP contribution in [0.1, 0.15) is 20.8 Å². The summed E-state index contributed by atoms with van der Waals surface area (Å²) < 4.78 is 25.9. The minimum absolute atomic E-state index is 0.111. The van der Waals surface area contributed by atoms with E-state index in [0.717, 1.165) is 0 Å². The van der Waals surface area contributed by atoms with Crippen LogP contribution in [0, 0.1) is 5.41 Å². The second kappa shape index (κ2) is 5.07. The minimum Gasteiger partial charge on any atom is -0.397 e. The molecule has 0 aromatic heterocycles. The Labute approximate surface area is 114 Å². The Morgan fingerprint density at radius 3 is 2.33 bits per heavy atom. The van der Waals surface area contributed by atoms with Crippen molar-refractivity contribution < 1.29 is 8.42 Å². The fraction of sp³-hybridized carbons (Fsp3) is 0.500. The molecule has 0 aliphatic heterocycles. The molecule has 18 heavy (non-hydrogen) atoms. The minimum atomic E-state index is -3.52. The van der Waals surface area contributed by atoms with Gasteiger partial charge in [-0.25, -0.2) is 12.7 Å². The fourth-order valence-corrected chi connectivity index (χ4v) is 3.17. The predicted molar refractivity (Wildman–Crippen MR) is 75.1 cm³/mol. The van der Waals surface area contributed by atoms with Gasteiger partial charge in [-0.15, -0.1) is 0 Å². The molecule has 0 saturated carbocycles. The number of anilines is 1. The van der Waals surface area contributed by atoms with Crippen LogP contribution in [-0.2, 0) is 10.0 Å². The summed E-state index contributed by atoms with van der Waals surface area (Å²) in [5, 5.41) is 0.354. The van der Waals surface area contributed by atoms with Crippen molar-refractivity contribution in [2.75, 3.05) is 19.3 Å². The lowest BCUT2D eigenvalue weighted by molar-refractivity contribution is 0.311. The molecule has 1 aromatic rings. The molecule has 0 unspecified atom stereocenters. The Hall–Kier alpha value is -0.780. The van der Waals surface area contributed by atoms with Crippen LogP contribution in [0.25, 0.3) is 0 Å². The standard InChI is InChI=1S/C12H19ClN2O2S/c1-12(2,3)8-15(4)18(16,17)9-5-6-10(13)11(14)7-9/h5-7H,8,14H2,1-4H3. The zero-order chi connectivity index (χ0) is 14.1. The van der Waals surface area contributed by atoms with Crippen molar-refractivity contribution in [3.63, 3.8) is 0 Å². The molecule has 4 nitrogen and oxygen atoms in total. The lowest BCUT2D eigenvalue weighted by Crippen LogP contribution is -2.34. The molecule has 0 fully saturated rings. The van der Waals surface area contributed by atoms with E-state index < -0.39 is 10.0 Å². The Bertz CT molecular complexity index is 535. The average Bonchev–Trinajstić information content (AvgIpc) is 2.19. The molecule has 0 radical (unpaired) electrons. The number of benzene rings is 1. The van der Waals surface area contributed by atoms with Crippen LogP contribution >= 0.6 is 11.6 Å². The number of rotatable bonds is 3. The average molecular weight is 291 g/mol. The normalized spacial score (nSPS) is 13.0. The van der Waals surface area contributed by atoms with E-state index in [9.17, 15) is 8.42 Å². The summed E-state index contributed by atoms with van der Waals surface area (Å²) in [6.07, 6.45) is 0. The summed E-state index contributed by atoms with van der Waals surface area (Å²) >= 11 is 5.78. The second-order valence-corrected chi connectivity index (χ2v) is 7.96. The molecule has 6 heteroatoms. The summed E-state index contributed by atoms with van der Waals surface area (Å²) in [7, 11) is -1.96. The summed E-state index contributed by atoms with van der Waals surface area (Å²) in [5.41, 5.74) is 5.78. The largest absolute Gasteiger partial charge is 0.397 e. The summed E-state index contributed by atoms with van der Waals surface area (Å²) in [5.74, 6) is 0. The summed E-state index contributed by atoms with van der Waals surface area (Å²) in [4.78, 5) is 0.163. The van der Waals surface area contributed by atoms with Gasteiger partial charge in [0.2, 0.25) is 10.0 Å². The van der Waals surface area contributed by atoms with Gasteiger partial charge < -0.3 is 5.73 Å². The van der Waals surface area contributed by atoms with Gasteiger partial charge in [0.15, 0.2) is 0 Å². The van der Waals surface area contributed by atoms with Crippen LogP contribution in [0.15, 0.2) is 23.1 Å². The highest BCUT2D eigenvalue weighted by atomic mass is 35.5. The van der Waals surface area contributed by atoms with E-state index in [1.807, 2.05) is 20.8 Å². The molecule has 0 atom stereocenters. The molecular weight excluding hydrogens is 272 g/mol. The lowest BCUT2D eigenvalue weighted by atomic mass is 9.97. The van der Waals surface area contributed by atoms with Gasteiger partial charge in [0.25, 0.3) is 0 Å². The molecule has 1 rings (SSSR count). The van der Waals surface area contributed by atoms with E-state index in [4.69, 9.17) is 17.3 Å². The van der Waals surface area contributed by atoms with Gasteiger partial charge >= 0.3 is 0 Å². The molecular formula is C12H19ClN2O2S. The second-order valence-electron chi connectivity index (χ2n) is 5.51. The monoisotopic (exact) mass is 290 g/mol. The van der Waals surface area contributed by atoms with Crippen LogP contribution in [0.3, 0.4) is 0 Å². The van der Waals surface area contributed by atoms with E-state index in [1.54, 1.807) is 7.05 Å². The third-order valence-electron chi connectivity index (χ3n) is 2.37. The number of sulfonamides is 1. The molecule has 0 saturated heterocycles. The zero-order valence-corrected chi connectivity index (χ0v) is 12.6. The van der Waals surface area contributed by atoms with Crippen LogP contribution in [0.4, 0.5) is 5.69 Å². The van der Waals surface area contributed by atoms with Crippen molar-refractivity contribution in [1.82, 2.24) is 4.31 Å². The molecule has 0 amide bonds. The van der Waals surface area contributed by atoms with E-state index in [0.29, 0.717) is 11.6 Å². The molecule has 0 aliphatic carbocycles. The van der Waals surface area contributed by atoms with E-state index in [1.165, 1.54) is 22.5 Å². The Kier molecular flexibility index (Phi) is 4.30. The number of nitrogens with two attached hydrogens (primary N) is 1. The predicted octanol–water partition coefficient (Wildman–Crippen LogP) is 2.59. The Morgan fingerprint density at radius 2 is 1.89 bits per heavy atom. The van der Waals surface area contributed by atoms with Gasteiger partial charge in [0.1, 0.15) is 0 Å². The van der Waals surface area contributed by atoms with E-state index in [2.05, 4.69) is 0 Å². The Balaban J connectivity index is 3.10. The van der Waals surface area contributed by atoms with Crippen molar-refractivity contribution in [3.8, 4) is 0 Å². The van der Waals surface area contributed by atoms with Crippen LogP contribution < -0.4 is 5.73 Å².